The number of halogens is 2. The van der Waals surface area contributed by atoms with Gasteiger partial charge in [0.2, 0.25) is 5.96 Å². The first-order valence-electron chi connectivity index (χ1n) is 8.17. The maximum Gasteiger partial charge on any atom is 0.230 e. The Hall–Kier alpha value is -3.33. The summed E-state index contributed by atoms with van der Waals surface area (Å²) in [6.07, 6.45) is 3.43. The average Bonchev–Trinajstić information content (AvgIpc) is 2.97. The van der Waals surface area contributed by atoms with Crippen LogP contribution in [0, 0.1) is 17.7 Å². The molecule has 3 heterocycles. The van der Waals surface area contributed by atoms with Gasteiger partial charge in [-0.15, -0.1) is 0 Å². The topological polar surface area (TPSA) is 98.3 Å². The minimum absolute atomic E-state index is 0.110. The number of nitrogens with two attached hydrogens (primary N) is 2. The van der Waals surface area contributed by atoms with Crippen LogP contribution in [0.5, 0.6) is 0 Å². The number of aromatic nitrogens is 3. The number of pyridine rings is 1. The third-order valence-corrected chi connectivity index (χ3v) is 4.31. The molecule has 1 aliphatic rings. The molecule has 0 aliphatic carbocycles. The number of aliphatic imine (C=N–C) groups is 1. The summed E-state index contributed by atoms with van der Waals surface area (Å²) >= 11 is 0. The number of hydrogen-bond donors (Lipinski definition) is 2. The number of rotatable bonds is 2. The first-order valence-corrected chi connectivity index (χ1v) is 8.17. The van der Waals surface area contributed by atoms with Crippen LogP contribution in [0.15, 0.2) is 47.3 Å². The van der Waals surface area contributed by atoms with Gasteiger partial charge in [0.1, 0.15) is 29.1 Å². The van der Waals surface area contributed by atoms with Crippen molar-refractivity contribution >= 4 is 17.0 Å². The van der Waals surface area contributed by atoms with Crippen LogP contribution in [0.1, 0.15) is 11.3 Å². The molecule has 1 aliphatic heterocycles. The molecular formula is C18H16F2N7. The molecule has 0 saturated heterocycles. The van der Waals surface area contributed by atoms with E-state index in [1.54, 1.807) is 30.1 Å². The maximum absolute atomic E-state index is 14.1. The van der Waals surface area contributed by atoms with E-state index in [4.69, 9.17) is 11.5 Å². The maximum atomic E-state index is 14.1. The Morgan fingerprint density at radius 2 is 2.04 bits per heavy atom. The fourth-order valence-electron chi connectivity index (χ4n) is 2.92. The third-order valence-electron chi connectivity index (χ3n) is 4.31. The van der Waals surface area contributed by atoms with Gasteiger partial charge in [0.15, 0.2) is 0 Å². The molecule has 1 radical (unpaired) electrons. The van der Waals surface area contributed by atoms with Crippen LogP contribution in [-0.4, -0.2) is 38.8 Å². The fourth-order valence-corrected chi connectivity index (χ4v) is 2.92. The molecule has 0 saturated carbocycles. The lowest BCUT2D eigenvalue weighted by Gasteiger charge is -2.28. The van der Waals surface area contributed by atoms with Crippen molar-refractivity contribution in [3.63, 3.8) is 0 Å². The third kappa shape index (κ3) is 3.02. The Morgan fingerprint density at radius 1 is 1.26 bits per heavy atom. The molecule has 4 N–H and O–H groups in total. The highest BCUT2D eigenvalue weighted by Crippen LogP contribution is 2.22. The van der Waals surface area contributed by atoms with E-state index in [-0.39, 0.29) is 18.1 Å². The summed E-state index contributed by atoms with van der Waals surface area (Å²) in [6, 6.07) is 7.69. The average molecular weight is 368 g/mol. The molecule has 7 nitrogen and oxygen atoms in total. The minimum atomic E-state index is -0.631. The SMILES string of the molecule is CN1C(n2nc(Cc3ccccc3F)c3ncc(F)cc32)=NC(N)=[C]C1N. The zero-order chi connectivity index (χ0) is 19.1. The highest BCUT2D eigenvalue weighted by Gasteiger charge is 2.25. The number of nitrogens with zero attached hydrogens (tertiary/aromatic N) is 5. The minimum Gasteiger partial charge on any atom is -0.383 e. The van der Waals surface area contributed by atoms with Gasteiger partial charge in [-0.05, 0) is 11.6 Å². The van der Waals surface area contributed by atoms with Crippen LogP contribution in [0.4, 0.5) is 8.78 Å². The predicted octanol–water partition coefficient (Wildman–Crippen LogP) is 1.34. The van der Waals surface area contributed by atoms with Crippen LogP contribution in [0.2, 0.25) is 0 Å². The zero-order valence-electron chi connectivity index (χ0n) is 14.4. The van der Waals surface area contributed by atoms with E-state index < -0.39 is 12.0 Å². The second-order valence-corrected chi connectivity index (χ2v) is 6.15. The largest absolute Gasteiger partial charge is 0.383 e. The second kappa shape index (κ2) is 6.44. The Balaban J connectivity index is 1.88. The Labute approximate surface area is 153 Å². The lowest BCUT2D eigenvalue weighted by molar-refractivity contribution is 0.399. The van der Waals surface area contributed by atoms with Gasteiger partial charge in [-0.1, -0.05) is 18.2 Å². The molecule has 1 atom stereocenters. The van der Waals surface area contributed by atoms with Crippen molar-refractivity contribution in [2.24, 2.45) is 16.5 Å². The van der Waals surface area contributed by atoms with E-state index in [9.17, 15) is 8.78 Å². The summed E-state index contributed by atoms with van der Waals surface area (Å²) in [7, 11) is 1.69. The first kappa shape index (κ1) is 17.1. The van der Waals surface area contributed by atoms with Gasteiger partial charge in [0, 0.05) is 25.6 Å². The Kier molecular flexibility index (Phi) is 4.08. The summed E-state index contributed by atoms with van der Waals surface area (Å²) in [5.41, 5.74) is 13.5. The van der Waals surface area contributed by atoms with E-state index in [2.05, 4.69) is 21.2 Å². The second-order valence-electron chi connectivity index (χ2n) is 6.15. The van der Waals surface area contributed by atoms with Gasteiger partial charge in [-0.2, -0.15) is 14.8 Å². The molecule has 0 bridgehead atoms. The van der Waals surface area contributed by atoms with Crippen molar-refractivity contribution in [2.45, 2.75) is 12.6 Å². The molecule has 0 spiro atoms. The number of fused-ring (bicyclic) bond motifs is 1. The molecule has 2 aromatic heterocycles. The molecule has 9 heteroatoms. The molecule has 4 rings (SSSR count). The summed E-state index contributed by atoms with van der Waals surface area (Å²) in [5, 5.41) is 4.51. The normalized spacial score (nSPS) is 17.2. The summed E-state index contributed by atoms with van der Waals surface area (Å²) in [6.45, 7) is 0. The van der Waals surface area contributed by atoms with Crippen molar-refractivity contribution in [3.8, 4) is 0 Å². The lowest BCUT2D eigenvalue weighted by Crippen LogP contribution is -2.48. The van der Waals surface area contributed by atoms with Crippen molar-refractivity contribution < 1.29 is 8.78 Å². The monoisotopic (exact) mass is 368 g/mol. The van der Waals surface area contributed by atoms with E-state index in [1.807, 2.05) is 0 Å². The summed E-state index contributed by atoms with van der Waals surface area (Å²) in [4.78, 5) is 9.97. The highest BCUT2D eigenvalue weighted by molar-refractivity contribution is 5.93. The van der Waals surface area contributed by atoms with Crippen LogP contribution in [0.3, 0.4) is 0 Å². The van der Waals surface area contributed by atoms with Crippen molar-refractivity contribution in [3.05, 3.63) is 71.3 Å². The van der Waals surface area contributed by atoms with Crippen LogP contribution in [0.25, 0.3) is 11.0 Å². The van der Waals surface area contributed by atoms with Crippen molar-refractivity contribution in [1.29, 1.82) is 0 Å². The summed E-state index contributed by atoms with van der Waals surface area (Å²) in [5.74, 6) is -0.465. The molecular weight excluding hydrogens is 352 g/mol. The quantitative estimate of drug-likeness (QED) is 0.711. The van der Waals surface area contributed by atoms with Gasteiger partial charge in [-0.25, -0.2) is 13.8 Å². The molecule has 3 aromatic rings. The molecule has 27 heavy (non-hydrogen) atoms. The summed E-state index contributed by atoms with van der Waals surface area (Å²) < 4.78 is 29.3. The van der Waals surface area contributed by atoms with E-state index in [1.165, 1.54) is 16.8 Å². The molecule has 0 amide bonds. The number of likely N-dealkylation sites (N-methyl/N-ethyl adjacent to an activating group) is 1. The Morgan fingerprint density at radius 3 is 2.81 bits per heavy atom. The molecule has 1 aromatic carbocycles. The Bertz CT molecular complexity index is 1090. The number of benzene rings is 1. The molecule has 137 valence electrons. The van der Waals surface area contributed by atoms with Crippen molar-refractivity contribution in [1.82, 2.24) is 19.7 Å². The molecule has 0 fully saturated rings. The smallest absolute Gasteiger partial charge is 0.230 e. The number of hydrogen-bond acceptors (Lipinski definition) is 6. The van der Waals surface area contributed by atoms with Gasteiger partial charge in [0.05, 0.1) is 17.4 Å². The lowest BCUT2D eigenvalue weighted by atomic mass is 10.1. The highest BCUT2D eigenvalue weighted by atomic mass is 19.1. The van der Waals surface area contributed by atoms with E-state index >= 15 is 0 Å². The van der Waals surface area contributed by atoms with Crippen LogP contribution < -0.4 is 11.5 Å². The van der Waals surface area contributed by atoms with Gasteiger partial charge in [0.25, 0.3) is 0 Å². The van der Waals surface area contributed by atoms with Crippen LogP contribution >= 0.6 is 0 Å². The fraction of sp³-hybridized carbons (Fsp3) is 0.167. The van der Waals surface area contributed by atoms with Gasteiger partial charge < -0.3 is 16.4 Å². The van der Waals surface area contributed by atoms with E-state index in [0.29, 0.717) is 28.3 Å². The van der Waals surface area contributed by atoms with Crippen molar-refractivity contribution in [2.75, 3.05) is 7.05 Å². The van der Waals surface area contributed by atoms with Gasteiger partial charge in [-0.3, -0.25) is 0 Å². The molecule has 1 unspecified atom stereocenters. The van der Waals surface area contributed by atoms with Gasteiger partial charge >= 0.3 is 0 Å². The van der Waals surface area contributed by atoms with Crippen LogP contribution in [-0.2, 0) is 6.42 Å². The first-order chi connectivity index (χ1) is 12.9. The van der Waals surface area contributed by atoms with E-state index in [0.717, 1.165) is 6.20 Å². The predicted molar refractivity (Wildman–Crippen MR) is 96.2 cm³/mol. The zero-order valence-corrected chi connectivity index (χ0v) is 14.4. The standard InChI is InChI=1S/C18H16F2N7/c1-26-16(22)8-15(21)24-18(26)27-14-7-11(19)9-23-17(14)13(25-27)6-10-4-2-3-5-12(10)20/h2-5,7,9,16H,6,21-22H2,1H3.